The Morgan fingerprint density at radius 3 is 0.826 bits per heavy atom. The molecule has 1 aromatic rings. The van der Waals surface area contributed by atoms with Gasteiger partial charge in [0.1, 0.15) is 0 Å². The zero-order valence-electron chi connectivity index (χ0n) is 43.6. The van der Waals surface area contributed by atoms with Crippen LogP contribution in [0.1, 0.15) is 151 Å². The Hall–Kier alpha value is -3.59. The molecular weight excluding hydrogens is 927 g/mol. The van der Waals surface area contributed by atoms with Crippen molar-refractivity contribution >= 4 is 35.7 Å². The third-order valence-corrected chi connectivity index (χ3v) is 17.4. The maximum absolute atomic E-state index is 13.7. The molecule has 0 unspecified atom stereocenters. The van der Waals surface area contributed by atoms with E-state index in [9.17, 15) is 28.8 Å². The molecule has 0 aliphatic heterocycles. The molecule has 0 saturated carbocycles. The van der Waals surface area contributed by atoms with E-state index in [-0.39, 0.29) is 37.7 Å². The second kappa shape index (κ2) is 40.1. The summed E-state index contributed by atoms with van der Waals surface area (Å²) in [5.41, 5.74) is -1.80. The van der Waals surface area contributed by atoms with Crippen molar-refractivity contribution in [3.05, 3.63) is 31.5 Å². The molecule has 0 radical (unpaired) electrons. The highest BCUT2D eigenvalue weighted by atomic mass is 28.4. The van der Waals surface area contributed by atoms with Crippen LogP contribution in [0.5, 0.6) is 0 Å². The minimum atomic E-state index is -2.76. The van der Waals surface area contributed by atoms with Gasteiger partial charge in [-0.25, -0.2) is 42.5 Å². The average molecular weight is 1020 g/mol. The van der Waals surface area contributed by atoms with Crippen molar-refractivity contribution in [2.45, 2.75) is 183 Å². The number of nitrogens with one attached hydrogen (secondary N) is 6. The van der Waals surface area contributed by atoms with Gasteiger partial charge < -0.3 is 58.5 Å². The molecule has 0 fully saturated rings. The number of rotatable bonds is 44. The molecule has 0 bridgehead atoms. The number of urea groups is 3. The van der Waals surface area contributed by atoms with Gasteiger partial charge in [0, 0.05) is 111 Å². The molecular formula is C46H93N9O12Si2. The lowest BCUT2D eigenvalue weighted by atomic mass is 10.2. The van der Waals surface area contributed by atoms with E-state index in [0.717, 1.165) is 70.6 Å². The van der Waals surface area contributed by atoms with Gasteiger partial charge in [0.25, 0.3) is 0 Å². The topological polar surface area (TPSA) is 245 Å². The largest absolute Gasteiger partial charge is 0.500 e. The normalized spacial score (nSPS) is 11.7. The van der Waals surface area contributed by atoms with Crippen LogP contribution in [0, 0.1) is 0 Å². The van der Waals surface area contributed by atoms with Crippen molar-refractivity contribution in [1.29, 1.82) is 0 Å². The molecule has 69 heavy (non-hydrogen) atoms. The third-order valence-electron chi connectivity index (χ3n) is 11.1. The lowest BCUT2D eigenvalue weighted by molar-refractivity contribution is 0.0700. The van der Waals surface area contributed by atoms with Crippen LogP contribution in [0.15, 0.2) is 14.4 Å². The van der Waals surface area contributed by atoms with Crippen LogP contribution < -0.4 is 49.0 Å². The fourth-order valence-electron chi connectivity index (χ4n) is 7.69. The van der Waals surface area contributed by atoms with E-state index in [1.807, 2.05) is 41.5 Å². The summed E-state index contributed by atoms with van der Waals surface area (Å²) < 4.78 is 38.8. The minimum absolute atomic E-state index is 0.177. The Kier molecular flexibility index (Phi) is 36.8. The van der Waals surface area contributed by atoms with Gasteiger partial charge in [0.15, 0.2) is 0 Å². The summed E-state index contributed by atoms with van der Waals surface area (Å²) >= 11 is 0. The summed E-state index contributed by atoms with van der Waals surface area (Å²) in [5, 5.41) is 17.2. The van der Waals surface area contributed by atoms with Crippen LogP contribution in [-0.2, 0) is 46.2 Å². The Morgan fingerprint density at radius 2 is 0.580 bits per heavy atom. The maximum Gasteiger partial charge on any atom is 0.500 e. The van der Waals surface area contributed by atoms with Gasteiger partial charge >= 0.3 is 52.8 Å². The molecule has 23 heteroatoms. The van der Waals surface area contributed by atoms with Crippen LogP contribution in [0.4, 0.5) is 14.4 Å². The number of amides is 6. The number of hydrogen-bond acceptors (Lipinski definition) is 12. The van der Waals surface area contributed by atoms with E-state index in [1.165, 1.54) is 13.7 Å². The number of hydrogen-bond donors (Lipinski definition) is 6. The molecule has 6 N–H and O–H groups in total. The van der Waals surface area contributed by atoms with Gasteiger partial charge in [-0.3, -0.25) is 0 Å². The Morgan fingerprint density at radius 1 is 0.348 bits per heavy atom. The monoisotopic (exact) mass is 1020 g/mol. The van der Waals surface area contributed by atoms with Crippen LogP contribution in [-0.4, -0.2) is 128 Å². The zero-order valence-corrected chi connectivity index (χ0v) is 45.6. The predicted octanol–water partition coefficient (Wildman–Crippen LogP) is 5.43. The zero-order chi connectivity index (χ0) is 51.0. The van der Waals surface area contributed by atoms with Crippen LogP contribution in [0.2, 0.25) is 12.1 Å². The van der Waals surface area contributed by atoms with Crippen molar-refractivity contribution < 1.29 is 40.9 Å². The quantitative estimate of drug-likeness (QED) is 0.0354. The number of aromatic nitrogens is 3. The molecule has 1 heterocycles. The van der Waals surface area contributed by atoms with Gasteiger partial charge in [0.2, 0.25) is 0 Å². The molecule has 6 amide bonds. The molecule has 0 atom stereocenters. The highest BCUT2D eigenvalue weighted by molar-refractivity contribution is 6.61. The van der Waals surface area contributed by atoms with E-state index < -0.39 is 34.7 Å². The molecule has 0 spiro atoms. The maximum atomic E-state index is 13.7. The third kappa shape index (κ3) is 27.6. The number of carbonyl (C=O) groups excluding carboxylic acids is 3. The minimum Gasteiger partial charge on any atom is -0.374 e. The molecule has 0 aliphatic rings. The van der Waals surface area contributed by atoms with Gasteiger partial charge in [-0.2, -0.15) is 0 Å². The summed E-state index contributed by atoms with van der Waals surface area (Å²) in [5.74, 6) is 0. The van der Waals surface area contributed by atoms with Gasteiger partial charge in [-0.15, -0.1) is 0 Å². The fraction of sp³-hybridized carbons (Fsp3) is 0.870. The highest BCUT2D eigenvalue weighted by Crippen LogP contribution is 2.19. The molecule has 0 aliphatic carbocycles. The molecule has 402 valence electrons. The summed E-state index contributed by atoms with van der Waals surface area (Å²) in [4.78, 5) is 77.7. The van der Waals surface area contributed by atoms with Crippen LogP contribution >= 0.6 is 0 Å². The van der Waals surface area contributed by atoms with E-state index >= 15 is 0 Å². The van der Waals surface area contributed by atoms with Crippen molar-refractivity contribution in [3.63, 3.8) is 0 Å². The Balaban J connectivity index is 2.71. The summed E-state index contributed by atoms with van der Waals surface area (Å²) in [7, 11) is -5.52. The Bertz CT molecular complexity index is 1570. The average Bonchev–Trinajstić information content (AvgIpc) is 3.31. The van der Waals surface area contributed by atoms with E-state index in [0.29, 0.717) is 123 Å². The van der Waals surface area contributed by atoms with Gasteiger partial charge in [-0.05, 0) is 99.3 Å². The first kappa shape index (κ1) is 63.4. The fourth-order valence-corrected chi connectivity index (χ4v) is 12.9. The first-order chi connectivity index (χ1) is 33.4. The summed E-state index contributed by atoms with van der Waals surface area (Å²) in [6.45, 7) is 20.1. The van der Waals surface area contributed by atoms with Crippen molar-refractivity contribution in [2.24, 2.45) is 0 Å². The van der Waals surface area contributed by atoms with Gasteiger partial charge in [0.05, 0.1) is 0 Å². The summed E-state index contributed by atoms with van der Waals surface area (Å²) in [6.07, 6.45) is 11.7. The van der Waals surface area contributed by atoms with E-state index in [4.69, 9.17) is 26.6 Å². The molecule has 0 saturated heterocycles. The molecule has 21 nitrogen and oxygen atoms in total. The molecule has 0 aromatic carbocycles. The SMILES string of the molecule is CCCCNC(=O)NCCCCCCn1c(=O)n(CCCCCCNC(=O)NCCC[Si](OCC)(OCC)OCC)c(=O)n(CCCCCCNC(=O)NCCC[Si](OCC)(OCC)OCC)c1=O. The second-order valence-electron chi connectivity index (χ2n) is 16.6. The number of unbranched alkanes of at least 4 members (excludes halogenated alkanes) is 10. The van der Waals surface area contributed by atoms with E-state index in [1.54, 1.807) is 0 Å². The number of carbonyl (C=O) groups is 3. The van der Waals surface area contributed by atoms with Crippen molar-refractivity contribution in [3.8, 4) is 0 Å². The van der Waals surface area contributed by atoms with Crippen molar-refractivity contribution in [1.82, 2.24) is 45.6 Å². The first-order valence-corrected chi connectivity index (χ1v) is 30.1. The van der Waals surface area contributed by atoms with E-state index in [2.05, 4.69) is 38.8 Å². The standard InChI is InChI=1S/C46H93N9O12Si2/c1-8-15-30-47-41(56)48-31-22-16-19-25-36-53-44(59)54(37-26-20-17-23-32-49-42(57)51-34-28-39-68(62-9-2,63-10-3)64-11-4)46(61)55(45(53)60)38-27-21-18-24-33-50-43(58)52-35-29-40-69(65-12-5,66-13-6)67-14-7/h8-40H2,1-7H3,(H2,47,48,56)(H2,49,51,57)(H2,50,52,58). The predicted molar refractivity (Wildman–Crippen MR) is 274 cm³/mol. The molecule has 1 aromatic heterocycles. The lowest BCUT2D eigenvalue weighted by Gasteiger charge is -2.28. The van der Waals surface area contributed by atoms with Crippen molar-refractivity contribution in [2.75, 3.05) is 78.9 Å². The van der Waals surface area contributed by atoms with Gasteiger partial charge in [-0.1, -0.05) is 51.9 Å². The number of nitrogens with zero attached hydrogens (tertiary/aromatic N) is 3. The second-order valence-corrected chi connectivity index (χ2v) is 22.1. The lowest BCUT2D eigenvalue weighted by Crippen LogP contribution is -2.54. The highest BCUT2D eigenvalue weighted by Gasteiger charge is 2.40. The van der Waals surface area contributed by atoms with Crippen LogP contribution in [0.25, 0.3) is 0 Å². The molecule has 1 rings (SSSR count). The summed E-state index contributed by atoms with van der Waals surface area (Å²) in [6, 6.07) is 0.538. The smallest absolute Gasteiger partial charge is 0.374 e. The van der Waals surface area contributed by atoms with Crippen LogP contribution in [0.3, 0.4) is 0 Å². The Labute approximate surface area is 414 Å². The first-order valence-electron chi connectivity index (χ1n) is 26.3.